The fraction of sp³-hybridized carbons (Fsp3) is 0.0714. The first-order valence-electron chi connectivity index (χ1n) is 5.79. The third-order valence-electron chi connectivity index (χ3n) is 2.52. The fourth-order valence-corrected chi connectivity index (χ4v) is 2.62. The number of para-hydroxylation sites is 1. The summed E-state index contributed by atoms with van der Waals surface area (Å²) < 4.78 is 14.5. The highest BCUT2D eigenvalue weighted by Gasteiger charge is 2.06. The van der Waals surface area contributed by atoms with E-state index in [-0.39, 0.29) is 18.3 Å². The van der Waals surface area contributed by atoms with Crippen LogP contribution in [-0.2, 0) is 4.79 Å². The molecule has 0 heterocycles. The van der Waals surface area contributed by atoms with E-state index in [1.165, 1.54) is 12.1 Å². The molecule has 0 atom stereocenters. The van der Waals surface area contributed by atoms with Gasteiger partial charge in [-0.05, 0) is 68.9 Å². The van der Waals surface area contributed by atoms with Crippen LogP contribution >= 0.6 is 38.5 Å². The fourth-order valence-electron chi connectivity index (χ4n) is 1.57. The number of benzene rings is 2. The first-order chi connectivity index (χ1) is 9.56. The minimum Gasteiger partial charge on any atom is -0.375 e. The highest BCUT2D eigenvalue weighted by molar-refractivity contribution is 14.1. The van der Waals surface area contributed by atoms with Crippen LogP contribution in [0.15, 0.2) is 46.9 Å². The number of halogens is 3. The Morgan fingerprint density at radius 1 is 1.20 bits per heavy atom. The Morgan fingerprint density at radius 3 is 2.65 bits per heavy atom. The van der Waals surface area contributed by atoms with E-state index >= 15 is 0 Å². The van der Waals surface area contributed by atoms with Crippen molar-refractivity contribution < 1.29 is 9.18 Å². The number of hydrogen-bond acceptors (Lipinski definition) is 2. The molecule has 104 valence electrons. The van der Waals surface area contributed by atoms with Crippen molar-refractivity contribution in [2.45, 2.75) is 0 Å². The van der Waals surface area contributed by atoms with E-state index in [1.54, 1.807) is 6.07 Å². The highest BCUT2D eigenvalue weighted by atomic mass is 127. The Morgan fingerprint density at radius 2 is 1.95 bits per heavy atom. The number of carbonyl (C=O) groups is 1. The van der Waals surface area contributed by atoms with E-state index in [2.05, 4.69) is 26.6 Å². The molecule has 20 heavy (non-hydrogen) atoms. The average molecular weight is 449 g/mol. The van der Waals surface area contributed by atoms with Crippen molar-refractivity contribution in [1.82, 2.24) is 0 Å². The Bertz CT molecular complexity index is 636. The van der Waals surface area contributed by atoms with Crippen LogP contribution < -0.4 is 10.6 Å². The summed E-state index contributed by atoms with van der Waals surface area (Å²) >= 11 is 5.38. The van der Waals surface area contributed by atoms with Gasteiger partial charge in [0.2, 0.25) is 5.91 Å². The van der Waals surface area contributed by atoms with Crippen molar-refractivity contribution >= 4 is 55.8 Å². The summed E-state index contributed by atoms with van der Waals surface area (Å²) in [5.74, 6) is -0.463. The molecule has 2 aromatic rings. The number of amides is 1. The molecule has 0 aliphatic rings. The molecule has 0 fully saturated rings. The molecule has 2 aromatic carbocycles. The van der Waals surface area contributed by atoms with Crippen molar-refractivity contribution in [3.63, 3.8) is 0 Å². The van der Waals surface area contributed by atoms with E-state index in [0.717, 1.165) is 13.7 Å². The Hall–Kier alpha value is -1.15. The van der Waals surface area contributed by atoms with Gasteiger partial charge in [0, 0.05) is 13.7 Å². The molecule has 3 nitrogen and oxygen atoms in total. The lowest BCUT2D eigenvalue weighted by Gasteiger charge is -2.10. The van der Waals surface area contributed by atoms with Crippen LogP contribution in [0.1, 0.15) is 0 Å². The van der Waals surface area contributed by atoms with E-state index in [0.29, 0.717) is 5.69 Å². The van der Waals surface area contributed by atoms with Crippen LogP contribution in [-0.4, -0.2) is 12.5 Å². The molecule has 2 N–H and O–H groups in total. The summed E-state index contributed by atoms with van der Waals surface area (Å²) in [6, 6.07) is 11.8. The molecule has 0 radical (unpaired) electrons. The zero-order valence-corrected chi connectivity index (χ0v) is 14.0. The Balaban J connectivity index is 1.94. The molecule has 1 amide bonds. The SMILES string of the molecule is O=C(CNc1ccc(F)cc1I)Nc1ccccc1Br. The van der Waals surface area contributed by atoms with Gasteiger partial charge in [-0.3, -0.25) is 4.79 Å². The topological polar surface area (TPSA) is 41.1 Å². The number of carbonyl (C=O) groups excluding carboxylic acids is 1. The van der Waals surface area contributed by atoms with Crippen LogP contribution in [0.2, 0.25) is 0 Å². The molecule has 0 unspecified atom stereocenters. The van der Waals surface area contributed by atoms with E-state index in [1.807, 2.05) is 46.9 Å². The zero-order valence-electron chi connectivity index (χ0n) is 10.3. The second-order valence-corrected chi connectivity index (χ2v) is 6.02. The molecule has 0 saturated carbocycles. The van der Waals surface area contributed by atoms with Crippen molar-refractivity contribution in [2.75, 3.05) is 17.2 Å². The molecule has 0 bridgehead atoms. The predicted octanol–water partition coefficient (Wildman–Crippen LogP) is 4.24. The van der Waals surface area contributed by atoms with Crippen LogP contribution in [0, 0.1) is 9.39 Å². The van der Waals surface area contributed by atoms with Crippen molar-refractivity contribution in [2.24, 2.45) is 0 Å². The Labute approximate surface area is 138 Å². The summed E-state index contributed by atoms with van der Waals surface area (Å²) in [6.07, 6.45) is 0. The number of nitrogens with one attached hydrogen (secondary N) is 2. The van der Waals surface area contributed by atoms with Gasteiger partial charge in [0.1, 0.15) is 5.82 Å². The van der Waals surface area contributed by atoms with Gasteiger partial charge in [0.15, 0.2) is 0 Å². The third-order valence-corrected chi connectivity index (χ3v) is 4.10. The number of rotatable bonds is 4. The molecule has 0 saturated heterocycles. The molecular formula is C14H11BrFIN2O. The molecule has 2 rings (SSSR count). The largest absolute Gasteiger partial charge is 0.375 e. The minimum atomic E-state index is -0.294. The lowest BCUT2D eigenvalue weighted by Crippen LogP contribution is -2.22. The van der Waals surface area contributed by atoms with Gasteiger partial charge in [0.25, 0.3) is 0 Å². The summed E-state index contributed by atoms with van der Waals surface area (Å²) in [5.41, 5.74) is 1.45. The monoisotopic (exact) mass is 448 g/mol. The molecule has 0 aliphatic carbocycles. The maximum atomic E-state index is 13.0. The average Bonchev–Trinajstić information content (AvgIpc) is 2.40. The van der Waals surface area contributed by atoms with Gasteiger partial charge in [-0.1, -0.05) is 12.1 Å². The standard InChI is InChI=1S/C14H11BrFIN2O/c15-10-3-1-2-4-12(10)19-14(20)8-18-13-6-5-9(16)7-11(13)17/h1-7,18H,8H2,(H,19,20). The minimum absolute atomic E-state index is 0.114. The summed E-state index contributed by atoms with van der Waals surface area (Å²) in [4.78, 5) is 11.8. The summed E-state index contributed by atoms with van der Waals surface area (Å²) in [7, 11) is 0. The lowest BCUT2D eigenvalue weighted by molar-refractivity contribution is -0.114. The molecule has 0 spiro atoms. The second kappa shape index (κ2) is 7.03. The lowest BCUT2D eigenvalue weighted by atomic mass is 10.3. The van der Waals surface area contributed by atoms with Crippen LogP contribution in [0.25, 0.3) is 0 Å². The second-order valence-electron chi connectivity index (χ2n) is 4.01. The first kappa shape index (κ1) is 15.2. The van der Waals surface area contributed by atoms with Crippen LogP contribution in [0.3, 0.4) is 0 Å². The van der Waals surface area contributed by atoms with E-state index < -0.39 is 0 Å². The van der Waals surface area contributed by atoms with Gasteiger partial charge in [0.05, 0.1) is 12.2 Å². The Kier molecular flexibility index (Phi) is 5.36. The summed E-state index contributed by atoms with van der Waals surface area (Å²) in [5, 5.41) is 5.76. The highest BCUT2D eigenvalue weighted by Crippen LogP contribution is 2.21. The third kappa shape index (κ3) is 4.17. The molecular weight excluding hydrogens is 438 g/mol. The van der Waals surface area contributed by atoms with Crippen LogP contribution in [0.4, 0.5) is 15.8 Å². The van der Waals surface area contributed by atoms with Gasteiger partial charge in [-0.15, -0.1) is 0 Å². The van der Waals surface area contributed by atoms with E-state index in [4.69, 9.17) is 0 Å². The number of hydrogen-bond donors (Lipinski definition) is 2. The van der Waals surface area contributed by atoms with Gasteiger partial charge >= 0.3 is 0 Å². The van der Waals surface area contributed by atoms with Crippen molar-refractivity contribution in [3.05, 3.63) is 56.3 Å². The van der Waals surface area contributed by atoms with Gasteiger partial charge in [-0.2, -0.15) is 0 Å². The number of anilines is 2. The predicted molar refractivity (Wildman–Crippen MR) is 90.4 cm³/mol. The van der Waals surface area contributed by atoms with Crippen LogP contribution in [0.5, 0.6) is 0 Å². The normalized spacial score (nSPS) is 10.2. The maximum absolute atomic E-state index is 13.0. The quantitative estimate of drug-likeness (QED) is 0.687. The van der Waals surface area contributed by atoms with Crippen molar-refractivity contribution in [3.8, 4) is 0 Å². The van der Waals surface area contributed by atoms with Gasteiger partial charge in [-0.25, -0.2) is 4.39 Å². The van der Waals surface area contributed by atoms with E-state index in [9.17, 15) is 9.18 Å². The van der Waals surface area contributed by atoms with Crippen molar-refractivity contribution in [1.29, 1.82) is 0 Å². The maximum Gasteiger partial charge on any atom is 0.243 e. The summed E-state index contributed by atoms with van der Waals surface area (Å²) in [6.45, 7) is 0.114. The molecule has 0 aliphatic heterocycles. The molecule has 0 aromatic heterocycles. The zero-order chi connectivity index (χ0) is 14.5. The molecule has 6 heteroatoms. The van der Waals surface area contributed by atoms with Gasteiger partial charge < -0.3 is 10.6 Å². The smallest absolute Gasteiger partial charge is 0.243 e. The first-order valence-corrected chi connectivity index (χ1v) is 7.67.